The van der Waals surface area contributed by atoms with Gasteiger partial charge in [-0.15, -0.1) is 0 Å². The standard InChI is InChI=1S/C16H29N3/c1-5-7-11-19(6-2)16-10-8-9-15(18-16)13-17-12-14(3)4/h8-10,14,17H,5-7,11-13H2,1-4H3. The van der Waals surface area contributed by atoms with Gasteiger partial charge in [0.1, 0.15) is 5.82 Å². The molecule has 1 aromatic heterocycles. The van der Waals surface area contributed by atoms with Crippen molar-refractivity contribution < 1.29 is 0 Å². The van der Waals surface area contributed by atoms with Gasteiger partial charge in [0.05, 0.1) is 5.69 Å². The van der Waals surface area contributed by atoms with E-state index >= 15 is 0 Å². The van der Waals surface area contributed by atoms with Gasteiger partial charge in [0.25, 0.3) is 0 Å². The number of hydrogen-bond donors (Lipinski definition) is 1. The number of unbranched alkanes of at least 4 members (excludes halogenated alkanes) is 1. The summed E-state index contributed by atoms with van der Waals surface area (Å²) in [5, 5.41) is 3.45. The minimum atomic E-state index is 0.680. The summed E-state index contributed by atoms with van der Waals surface area (Å²) in [7, 11) is 0. The summed E-state index contributed by atoms with van der Waals surface area (Å²) in [5.41, 5.74) is 1.13. The van der Waals surface area contributed by atoms with Gasteiger partial charge in [0.2, 0.25) is 0 Å². The normalized spacial score (nSPS) is 11.0. The highest BCUT2D eigenvalue weighted by atomic mass is 15.2. The van der Waals surface area contributed by atoms with E-state index < -0.39 is 0 Å². The van der Waals surface area contributed by atoms with E-state index in [9.17, 15) is 0 Å². The fraction of sp³-hybridized carbons (Fsp3) is 0.688. The van der Waals surface area contributed by atoms with Gasteiger partial charge in [-0.25, -0.2) is 4.98 Å². The highest BCUT2D eigenvalue weighted by Gasteiger charge is 2.06. The van der Waals surface area contributed by atoms with E-state index in [0.717, 1.165) is 37.7 Å². The average Bonchev–Trinajstić information content (AvgIpc) is 2.40. The summed E-state index contributed by atoms with van der Waals surface area (Å²) in [6.45, 7) is 12.9. The zero-order valence-corrected chi connectivity index (χ0v) is 12.9. The van der Waals surface area contributed by atoms with E-state index in [4.69, 9.17) is 4.98 Å². The number of nitrogens with one attached hydrogen (secondary N) is 1. The zero-order valence-electron chi connectivity index (χ0n) is 12.9. The van der Waals surface area contributed by atoms with Crippen molar-refractivity contribution in [2.75, 3.05) is 24.5 Å². The Morgan fingerprint density at radius 2 is 2.05 bits per heavy atom. The van der Waals surface area contributed by atoms with Crippen molar-refractivity contribution in [3.63, 3.8) is 0 Å². The lowest BCUT2D eigenvalue weighted by atomic mass is 10.2. The van der Waals surface area contributed by atoms with Gasteiger partial charge in [0, 0.05) is 19.6 Å². The molecule has 1 rings (SSSR count). The second kappa shape index (κ2) is 8.92. The number of pyridine rings is 1. The van der Waals surface area contributed by atoms with Gasteiger partial charge in [-0.3, -0.25) is 0 Å². The van der Waals surface area contributed by atoms with E-state index in [-0.39, 0.29) is 0 Å². The molecule has 0 unspecified atom stereocenters. The van der Waals surface area contributed by atoms with E-state index in [2.05, 4.69) is 56.1 Å². The summed E-state index contributed by atoms with van der Waals surface area (Å²) in [4.78, 5) is 7.11. The summed E-state index contributed by atoms with van der Waals surface area (Å²) in [6.07, 6.45) is 2.46. The third kappa shape index (κ3) is 6.06. The maximum absolute atomic E-state index is 4.76. The van der Waals surface area contributed by atoms with Crippen LogP contribution in [-0.2, 0) is 6.54 Å². The molecule has 3 heteroatoms. The molecule has 19 heavy (non-hydrogen) atoms. The SMILES string of the molecule is CCCCN(CC)c1cccc(CNCC(C)C)n1. The van der Waals surface area contributed by atoms with Gasteiger partial charge in [-0.05, 0) is 37.9 Å². The third-order valence-corrected chi connectivity index (χ3v) is 3.14. The maximum Gasteiger partial charge on any atom is 0.128 e. The van der Waals surface area contributed by atoms with Gasteiger partial charge in [-0.1, -0.05) is 33.3 Å². The predicted octanol–water partition coefficient (Wildman–Crippen LogP) is 3.45. The second-order valence-corrected chi connectivity index (χ2v) is 5.45. The summed E-state index contributed by atoms with van der Waals surface area (Å²) in [5.74, 6) is 1.79. The Balaban J connectivity index is 2.58. The number of hydrogen-bond acceptors (Lipinski definition) is 3. The molecule has 0 fully saturated rings. The smallest absolute Gasteiger partial charge is 0.128 e. The Kier molecular flexibility index (Phi) is 7.49. The Hall–Kier alpha value is -1.09. The van der Waals surface area contributed by atoms with Crippen LogP contribution in [-0.4, -0.2) is 24.6 Å². The summed E-state index contributed by atoms with van der Waals surface area (Å²) in [6, 6.07) is 6.33. The van der Waals surface area contributed by atoms with Crippen LogP contribution >= 0.6 is 0 Å². The number of nitrogens with zero attached hydrogens (tertiary/aromatic N) is 2. The van der Waals surface area contributed by atoms with Crippen molar-refractivity contribution in [1.82, 2.24) is 10.3 Å². The lowest BCUT2D eigenvalue weighted by Gasteiger charge is -2.22. The van der Waals surface area contributed by atoms with E-state index in [0.29, 0.717) is 5.92 Å². The van der Waals surface area contributed by atoms with Crippen LogP contribution in [0.1, 0.15) is 46.2 Å². The number of aromatic nitrogens is 1. The molecule has 0 saturated carbocycles. The molecule has 0 radical (unpaired) electrons. The molecule has 0 aliphatic heterocycles. The lowest BCUT2D eigenvalue weighted by molar-refractivity contribution is 0.548. The summed E-state index contributed by atoms with van der Waals surface area (Å²) < 4.78 is 0. The van der Waals surface area contributed by atoms with E-state index in [1.165, 1.54) is 12.8 Å². The monoisotopic (exact) mass is 263 g/mol. The molecule has 0 saturated heterocycles. The number of rotatable bonds is 9. The van der Waals surface area contributed by atoms with Crippen molar-refractivity contribution in [2.45, 2.75) is 47.1 Å². The second-order valence-electron chi connectivity index (χ2n) is 5.45. The van der Waals surface area contributed by atoms with Crippen LogP contribution in [0.3, 0.4) is 0 Å². The van der Waals surface area contributed by atoms with Gasteiger partial charge in [-0.2, -0.15) is 0 Å². The molecule has 0 spiro atoms. The van der Waals surface area contributed by atoms with Crippen LogP contribution in [0.4, 0.5) is 5.82 Å². The molecule has 108 valence electrons. The molecular formula is C16H29N3. The molecule has 1 aromatic rings. The highest BCUT2D eigenvalue weighted by Crippen LogP contribution is 2.12. The fourth-order valence-electron chi connectivity index (χ4n) is 2.01. The first kappa shape index (κ1) is 16.0. The van der Waals surface area contributed by atoms with Gasteiger partial charge < -0.3 is 10.2 Å². The highest BCUT2D eigenvalue weighted by molar-refractivity contribution is 5.38. The van der Waals surface area contributed by atoms with Crippen molar-refractivity contribution in [3.8, 4) is 0 Å². The molecule has 0 bridgehead atoms. The predicted molar refractivity (Wildman–Crippen MR) is 83.6 cm³/mol. The van der Waals surface area contributed by atoms with Crippen LogP contribution in [0, 0.1) is 5.92 Å². The fourth-order valence-corrected chi connectivity index (χ4v) is 2.01. The Morgan fingerprint density at radius 1 is 1.26 bits per heavy atom. The maximum atomic E-state index is 4.76. The molecule has 1 N–H and O–H groups in total. The van der Waals surface area contributed by atoms with Crippen LogP contribution in [0.5, 0.6) is 0 Å². The van der Waals surface area contributed by atoms with E-state index in [1.54, 1.807) is 0 Å². The molecule has 0 amide bonds. The van der Waals surface area contributed by atoms with Crippen molar-refractivity contribution in [2.24, 2.45) is 5.92 Å². The molecule has 0 atom stereocenters. The first-order valence-electron chi connectivity index (χ1n) is 7.59. The molecule has 0 aromatic carbocycles. The molecule has 0 aliphatic rings. The van der Waals surface area contributed by atoms with Crippen molar-refractivity contribution >= 4 is 5.82 Å². The van der Waals surface area contributed by atoms with Crippen LogP contribution in [0.2, 0.25) is 0 Å². The lowest BCUT2D eigenvalue weighted by Crippen LogP contribution is -2.25. The Bertz CT molecular complexity index is 350. The van der Waals surface area contributed by atoms with Crippen LogP contribution in [0.25, 0.3) is 0 Å². The first-order valence-corrected chi connectivity index (χ1v) is 7.59. The Morgan fingerprint density at radius 3 is 2.68 bits per heavy atom. The molecule has 0 aliphatic carbocycles. The minimum absolute atomic E-state index is 0.680. The topological polar surface area (TPSA) is 28.2 Å². The largest absolute Gasteiger partial charge is 0.357 e. The minimum Gasteiger partial charge on any atom is -0.357 e. The van der Waals surface area contributed by atoms with Gasteiger partial charge >= 0.3 is 0 Å². The third-order valence-electron chi connectivity index (χ3n) is 3.14. The molecule has 1 heterocycles. The molecular weight excluding hydrogens is 234 g/mol. The van der Waals surface area contributed by atoms with Crippen molar-refractivity contribution in [1.29, 1.82) is 0 Å². The zero-order chi connectivity index (χ0) is 14.1. The summed E-state index contributed by atoms with van der Waals surface area (Å²) >= 11 is 0. The quantitative estimate of drug-likeness (QED) is 0.739. The molecule has 3 nitrogen and oxygen atoms in total. The Labute approximate surface area is 118 Å². The first-order chi connectivity index (χ1) is 9.17. The number of anilines is 1. The van der Waals surface area contributed by atoms with Crippen molar-refractivity contribution in [3.05, 3.63) is 23.9 Å². The van der Waals surface area contributed by atoms with Crippen LogP contribution in [0.15, 0.2) is 18.2 Å². The van der Waals surface area contributed by atoms with Crippen LogP contribution < -0.4 is 10.2 Å². The van der Waals surface area contributed by atoms with Gasteiger partial charge in [0.15, 0.2) is 0 Å². The van der Waals surface area contributed by atoms with E-state index in [1.807, 2.05) is 0 Å². The average molecular weight is 263 g/mol.